The minimum atomic E-state index is -0.806. The van der Waals surface area contributed by atoms with Gasteiger partial charge in [-0.25, -0.2) is 24.0 Å². The zero-order valence-electron chi connectivity index (χ0n) is 26.5. The predicted molar refractivity (Wildman–Crippen MR) is 172 cm³/mol. The first-order valence-corrected chi connectivity index (χ1v) is 14.9. The SMILES string of the molecule is C=CC(=O)OCCCCOc1ccc(C(=O)Oc2ccc(OC(=O)c3ccc(OCCCCOC(=O)C=C)cc3)c(C(=O)OC)c2)cc1. The molecular weight excluding hydrogens is 624 g/mol. The van der Waals surface area contributed by atoms with E-state index in [0.29, 0.717) is 50.4 Å². The first-order valence-electron chi connectivity index (χ1n) is 14.9. The van der Waals surface area contributed by atoms with Crippen molar-refractivity contribution in [2.75, 3.05) is 33.5 Å². The topological polar surface area (TPSA) is 150 Å². The first kappa shape index (κ1) is 36.6. The molecule has 0 fully saturated rings. The molecule has 12 nitrogen and oxygen atoms in total. The average Bonchev–Trinajstić information content (AvgIpc) is 3.11. The van der Waals surface area contributed by atoms with E-state index in [9.17, 15) is 24.0 Å². The lowest BCUT2D eigenvalue weighted by molar-refractivity contribution is -0.138. The first-order chi connectivity index (χ1) is 23.2. The lowest BCUT2D eigenvalue weighted by Gasteiger charge is -2.12. The van der Waals surface area contributed by atoms with Gasteiger partial charge in [-0.15, -0.1) is 0 Å². The van der Waals surface area contributed by atoms with Crippen molar-refractivity contribution in [2.45, 2.75) is 25.7 Å². The van der Waals surface area contributed by atoms with Gasteiger partial charge in [0.25, 0.3) is 0 Å². The zero-order chi connectivity index (χ0) is 34.7. The second kappa shape index (κ2) is 19.6. The van der Waals surface area contributed by atoms with Gasteiger partial charge in [-0.2, -0.15) is 0 Å². The lowest BCUT2D eigenvalue weighted by atomic mass is 10.1. The fraction of sp³-hybridized carbons (Fsp3) is 0.250. The Balaban J connectivity index is 1.52. The Morgan fingerprint density at radius 3 is 1.46 bits per heavy atom. The number of methoxy groups -OCH3 is 1. The van der Waals surface area contributed by atoms with Gasteiger partial charge >= 0.3 is 29.8 Å². The largest absolute Gasteiger partial charge is 0.494 e. The normalized spacial score (nSPS) is 10.2. The summed E-state index contributed by atoms with van der Waals surface area (Å²) in [5.41, 5.74) is 0.305. The van der Waals surface area contributed by atoms with Crippen molar-refractivity contribution in [1.29, 1.82) is 0 Å². The Bertz CT molecular complexity index is 1580. The number of benzene rings is 3. The van der Waals surface area contributed by atoms with Crippen LogP contribution in [0.4, 0.5) is 0 Å². The van der Waals surface area contributed by atoms with Crippen LogP contribution in [0.3, 0.4) is 0 Å². The van der Waals surface area contributed by atoms with Crippen LogP contribution in [0.2, 0.25) is 0 Å². The molecule has 252 valence electrons. The molecule has 12 heteroatoms. The van der Waals surface area contributed by atoms with Crippen molar-refractivity contribution < 1.29 is 57.1 Å². The predicted octanol–water partition coefficient (Wildman–Crippen LogP) is 5.69. The van der Waals surface area contributed by atoms with Crippen LogP contribution in [0.15, 0.2) is 92.0 Å². The molecule has 0 spiro atoms. The summed E-state index contributed by atoms with van der Waals surface area (Å²) in [5, 5.41) is 0. The van der Waals surface area contributed by atoms with E-state index in [-0.39, 0.29) is 41.4 Å². The van der Waals surface area contributed by atoms with Crippen molar-refractivity contribution in [3.05, 3.63) is 109 Å². The van der Waals surface area contributed by atoms with Crippen molar-refractivity contribution in [2.24, 2.45) is 0 Å². The summed E-state index contributed by atoms with van der Waals surface area (Å²) in [6.07, 6.45) is 4.76. The Kier molecular flexibility index (Phi) is 14.9. The van der Waals surface area contributed by atoms with Gasteiger partial charge in [0, 0.05) is 12.2 Å². The number of unbranched alkanes of at least 4 members (excludes halogenated alkanes) is 2. The van der Waals surface area contributed by atoms with Gasteiger partial charge < -0.3 is 33.2 Å². The monoisotopic (exact) mass is 660 g/mol. The molecule has 0 N–H and O–H groups in total. The molecular formula is C36H36O12. The van der Waals surface area contributed by atoms with E-state index in [4.69, 9.17) is 33.2 Å². The summed E-state index contributed by atoms with van der Waals surface area (Å²) < 4.78 is 36.8. The lowest BCUT2D eigenvalue weighted by Crippen LogP contribution is -2.13. The van der Waals surface area contributed by atoms with Crippen molar-refractivity contribution >= 4 is 29.8 Å². The summed E-state index contributed by atoms with van der Waals surface area (Å²) in [5.74, 6) is -2.18. The minimum Gasteiger partial charge on any atom is -0.494 e. The van der Waals surface area contributed by atoms with Crippen LogP contribution in [0, 0.1) is 0 Å². The average molecular weight is 661 g/mol. The van der Waals surface area contributed by atoms with Crippen LogP contribution in [-0.4, -0.2) is 63.4 Å². The highest BCUT2D eigenvalue weighted by molar-refractivity contribution is 5.97. The fourth-order valence-electron chi connectivity index (χ4n) is 3.88. The number of hydrogen-bond acceptors (Lipinski definition) is 12. The Morgan fingerprint density at radius 2 is 1.00 bits per heavy atom. The summed E-state index contributed by atoms with van der Waals surface area (Å²) in [7, 11) is 1.17. The number of esters is 5. The maximum atomic E-state index is 12.8. The minimum absolute atomic E-state index is 0.0260. The Morgan fingerprint density at radius 1 is 0.562 bits per heavy atom. The summed E-state index contributed by atoms with van der Waals surface area (Å²) in [6, 6.07) is 16.5. The summed E-state index contributed by atoms with van der Waals surface area (Å²) in [6.45, 7) is 7.97. The number of carbonyl (C=O) groups excluding carboxylic acids is 5. The number of rotatable bonds is 19. The van der Waals surface area contributed by atoms with E-state index in [2.05, 4.69) is 13.2 Å². The molecule has 0 unspecified atom stereocenters. The van der Waals surface area contributed by atoms with E-state index in [0.717, 1.165) is 12.2 Å². The van der Waals surface area contributed by atoms with Gasteiger partial charge in [-0.3, -0.25) is 0 Å². The molecule has 0 aliphatic rings. The third-order valence-corrected chi connectivity index (χ3v) is 6.39. The molecule has 0 amide bonds. The number of ether oxygens (including phenoxy) is 7. The molecule has 48 heavy (non-hydrogen) atoms. The molecule has 3 rings (SSSR count). The molecule has 0 bridgehead atoms. The molecule has 3 aromatic rings. The second-order valence-corrected chi connectivity index (χ2v) is 9.83. The Hall–Kier alpha value is -5.91. The van der Waals surface area contributed by atoms with Crippen molar-refractivity contribution in [3.63, 3.8) is 0 Å². The Labute approximate surface area is 277 Å². The van der Waals surface area contributed by atoms with E-state index in [1.807, 2.05) is 0 Å². The molecule has 0 heterocycles. The molecule has 0 radical (unpaired) electrons. The maximum absolute atomic E-state index is 12.8. The van der Waals surface area contributed by atoms with Crippen molar-refractivity contribution in [3.8, 4) is 23.0 Å². The molecule has 0 aromatic heterocycles. The second-order valence-electron chi connectivity index (χ2n) is 9.83. The highest BCUT2D eigenvalue weighted by Gasteiger charge is 2.20. The maximum Gasteiger partial charge on any atom is 0.343 e. The van der Waals surface area contributed by atoms with Gasteiger partial charge in [0.15, 0.2) is 0 Å². The van der Waals surface area contributed by atoms with Gasteiger partial charge in [-0.1, -0.05) is 13.2 Å². The number of carbonyl (C=O) groups is 5. The van der Waals surface area contributed by atoms with Gasteiger partial charge in [0.1, 0.15) is 28.6 Å². The molecule has 0 aliphatic heterocycles. The highest BCUT2D eigenvalue weighted by atomic mass is 16.6. The molecule has 0 aliphatic carbocycles. The van der Waals surface area contributed by atoms with Gasteiger partial charge in [-0.05, 0) is 92.4 Å². The van der Waals surface area contributed by atoms with E-state index in [1.54, 1.807) is 24.3 Å². The van der Waals surface area contributed by atoms with Gasteiger partial charge in [0.05, 0.1) is 44.7 Å². The molecule has 3 aromatic carbocycles. The number of hydrogen-bond donors (Lipinski definition) is 0. The third-order valence-electron chi connectivity index (χ3n) is 6.39. The molecule has 0 saturated carbocycles. The quantitative estimate of drug-likeness (QED) is 0.0511. The molecule has 0 atom stereocenters. The highest BCUT2D eigenvalue weighted by Crippen LogP contribution is 2.27. The standard InChI is InChI=1S/C36H36O12/c1-4-32(37)45-22-8-6-20-43-27-14-10-25(11-15-27)34(39)47-29-18-19-31(30(24-29)36(41)42-3)48-35(40)26-12-16-28(17-13-26)44-21-7-9-23-46-33(38)5-2/h4-5,10-19,24H,1-2,6-9,20-23H2,3H3. The van der Waals surface area contributed by atoms with Crippen LogP contribution >= 0.6 is 0 Å². The zero-order valence-corrected chi connectivity index (χ0v) is 26.5. The van der Waals surface area contributed by atoms with Crippen LogP contribution in [0.25, 0.3) is 0 Å². The summed E-state index contributed by atoms with van der Waals surface area (Å²) in [4.78, 5) is 60.2. The van der Waals surface area contributed by atoms with Crippen molar-refractivity contribution in [1.82, 2.24) is 0 Å². The van der Waals surface area contributed by atoms with E-state index < -0.39 is 29.8 Å². The van der Waals surface area contributed by atoms with E-state index >= 15 is 0 Å². The van der Waals surface area contributed by atoms with Crippen LogP contribution in [0.5, 0.6) is 23.0 Å². The fourth-order valence-corrected chi connectivity index (χ4v) is 3.88. The van der Waals surface area contributed by atoms with Crippen LogP contribution in [0.1, 0.15) is 56.8 Å². The van der Waals surface area contributed by atoms with Crippen LogP contribution in [-0.2, 0) is 23.8 Å². The van der Waals surface area contributed by atoms with Crippen LogP contribution < -0.4 is 18.9 Å². The third kappa shape index (κ3) is 12.1. The summed E-state index contributed by atoms with van der Waals surface area (Å²) >= 11 is 0. The smallest absolute Gasteiger partial charge is 0.343 e. The van der Waals surface area contributed by atoms with Gasteiger partial charge in [0.2, 0.25) is 0 Å². The molecule has 0 saturated heterocycles. The van der Waals surface area contributed by atoms with E-state index in [1.165, 1.54) is 49.6 Å².